The Balaban J connectivity index is 1.69. The second-order valence-corrected chi connectivity index (χ2v) is 4.80. The number of hydrogen-bond donors (Lipinski definition) is 2. The molecule has 0 bridgehead atoms. The first kappa shape index (κ1) is 14.5. The molecule has 0 unspecified atom stereocenters. The molecule has 0 spiro atoms. The summed E-state index contributed by atoms with van der Waals surface area (Å²) >= 11 is 0. The highest BCUT2D eigenvalue weighted by atomic mass is 16.6. The fourth-order valence-electron chi connectivity index (χ4n) is 2.10. The Morgan fingerprint density at radius 1 is 1.00 bits per heavy atom. The second-order valence-electron chi connectivity index (χ2n) is 4.80. The standard InChI is InChI=1S/C16H12N4O3/c21-16(18-12-5-7-14(8-6-12)20(22)23)19-13-9-11-3-1-2-4-15(11)17-10-13/h1-10H,(H2,18,19,21). The molecule has 0 aliphatic heterocycles. The minimum absolute atomic E-state index is 0.0327. The number of benzene rings is 2. The molecule has 0 saturated carbocycles. The van der Waals surface area contributed by atoms with E-state index in [2.05, 4.69) is 15.6 Å². The van der Waals surface area contributed by atoms with Gasteiger partial charge in [-0.15, -0.1) is 0 Å². The van der Waals surface area contributed by atoms with Gasteiger partial charge in [-0.1, -0.05) is 18.2 Å². The predicted octanol–water partition coefficient (Wildman–Crippen LogP) is 3.79. The average molecular weight is 308 g/mol. The zero-order valence-electron chi connectivity index (χ0n) is 11.9. The quantitative estimate of drug-likeness (QED) is 0.568. The van der Waals surface area contributed by atoms with E-state index in [1.165, 1.54) is 24.3 Å². The molecule has 1 aromatic heterocycles. The highest BCUT2D eigenvalue weighted by Crippen LogP contribution is 2.18. The maximum absolute atomic E-state index is 12.0. The van der Waals surface area contributed by atoms with Gasteiger partial charge in [0.15, 0.2) is 0 Å². The Morgan fingerprint density at radius 2 is 1.70 bits per heavy atom. The van der Waals surface area contributed by atoms with E-state index in [1.807, 2.05) is 30.3 Å². The van der Waals surface area contributed by atoms with E-state index >= 15 is 0 Å². The fourth-order valence-corrected chi connectivity index (χ4v) is 2.10. The van der Waals surface area contributed by atoms with E-state index < -0.39 is 11.0 Å². The van der Waals surface area contributed by atoms with Crippen molar-refractivity contribution >= 4 is 34.0 Å². The average Bonchev–Trinajstić information content (AvgIpc) is 2.55. The minimum atomic E-state index is -0.495. The summed E-state index contributed by atoms with van der Waals surface area (Å²) in [5, 5.41) is 16.8. The van der Waals surface area contributed by atoms with Crippen LogP contribution in [0.5, 0.6) is 0 Å². The number of nitro benzene ring substituents is 1. The van der Waals surface area contributed by atoms with Crippen LogP contribution in [-0.4, -0.2) is 15.9 Å². The van der Waals surface area contributed by atoms with E-state index in [9.17, 15) is 14.9 Å². The molecule has 0 aliphatic carbocycles. The van der Waals surface area contributed by atoms with Crippen molar-refractivity contribution in [2.75, 3.05) is 10.6 Å². The van der Waals surface area contributed by atoms with Gasteiger partial charge in [-0.05, 0) is 24.3 Å². The third-order valence-electron chi connectivity index (χ3n) is 3.18. The lowest BCUT2D eigenvalue weighted by atomic mass is 10.2. The highest BCUT2D eigenvalue weighted by molar-refractivity contribution is 6.00. The van der Waals surface area contributed by atoms with Crippen LogP contribution >= 0.6 is 0 Å². The molecular weight excluding hydrogens is 296 g/mol. The number of anilines is 2. The molecule has 0 atom stereocenters. The Kier molecular flexibility index (Phi) is 3.84. The number of nitrogens with zero attached hydrogens (tertiary/aromatic N) is 2. The smallest absolute Gasteiger partial charge is 0.308 e. The molecule has 7 heteroatoms. The molecule has 0 fully saturated rings. The number of nitrogens with one attached hydrogen (secondary N) is 2. The summed E-state index contributed by atoms with van der Waals surface area (Å²) < 4.78 is 0. The van der Waals surface area contributed by atoms with E-state index in [4.69, 9.17) is 0 Å². The number of carbonyl (C=O) groups excluding carboxylic acids is 1. The van der Waals surface area contributed by atoms with Crippen molar-refractivity contribution in [2.24, 2.45) is 0 Å². The number of amides is 2. The van der Waals surface area contributed by atoms with Crippen molar-refractivity contribution in [1.82, 2.24) is 4.98 Å². The fraction of sp³-hybridized carbons (Fsp3) is 0. The first-order chi connectivity index (χ1) is 11.1. The monoisotopic (exact) mass is 308 g/mol. The lowest BCUT2D eigenvalue weighted by molar-refractivity contribution is -0.384. The lowest BCUT2D eigenvalue weighted by Gasteiger charge is -2.08. The number of pyridine rings is 1. The summed E-state index contributed by atoms with van der Waals surface area (Å²) in [5.74, 6) is 0. The van der Waals surface area contributed by atoms with Gasteiger partial charge in [0.05, 0.1) is 22.3 Å². The first-order valence-electron chi connectivity index (χ1n) is 6.79. The van der Waals surface area contributed by atoms with Crippen LogP contribution in [0.3, 0.4) is 0 Å². The molecule has 2 aromatic carbocycles. The Morgan fingerprint density at radius 3 is 2.43 bits per heavy atom. The van der Waals surface area contributed by atoms with Gasteiger partial charge in [0.2, 0.25) is 0 Å². The molecule has 23 heavy (non-hydrogen) atoms. The van der Waals surface area contributed by atoms with E-state index in [-0.39, 0.29) is 5.69 Å². The number of nitro groups is 1. The summed E-state index contributed by atoms with van der Waals surface area (Å²) in [6, 6.07) is 14.5. The molecule has 2 amide bonds. The maximum Gasteiger partial charge on any atom is 0.323 e. The van der Waals surface area contributed by atoms with Crippen molar-refractivity contribution in [3.63, 3.8) is 0 Å². The van der Waals surface area contributed by atoms with Gasteiger partial charge in [0.25, 0.3) is 5.69 Å². The number of fused-ring (bicyclic) bond motifs is 1. The number of aromatic nitrogens is 1. The highest BCUT2D eigenvalue weighted by Gasteiger charge is 2.07. The summed E-state index contributed by atoms with van der Waals surface area (Å²) in [7, 11) is 0. The zero-order valence-corrected chi connectivity index (χ0v) is 11.9. The lowest BCUT2D eigenvalue weighted by Crippen LogP contribution is -2.19. The molecule has 3 aromatic rings. The van der Waals surface area contributed by atoms with Gasteiger partial charge >= 0.3 is 6.03 Å². The van der Waals surface area contributed by atoms with Crippen LogP contribution in [0.15, 0.2) is 60.8 Å². The summed E-state index contributed by atoms with van der Waals surface area (Å²) in [6.45, 7) is 0. The Hall–Kier alpha value is -3.48. The molecular formula is C16H12N4O3. The molecule has 0 aliphatic rings. The molecule has 7 nitrogen and oxygen atoms in total. The molecule has 3 rings (SSSR count). The van der Waals surface area contributed by atoms with Gasteiger partial charge < -0.3 is 10.6 Å². The van der Waals surface area contributed by atoms with Crippen LogP contribution in [0.1, 0.15) is 0 Å². The maximum atomic E-state index is 12.0. The molecule has 114 valence electrons. The van der Waals surface area contributed by atoms with Gasteiger partial charge in [0.1, 0.15) is 0 Å². The van der Waals surface area contributed by atoms with Gasteiger partial charge in [0, 0.05) is 23.2 Å². The molecule has 0 radical (unpaired) electrons. The third-order valence-corrected chi connectivity index (χ3v) is 3.18. The Bertz CT molecular complexity index is 878. The normalized spacial score (nSPS) is 10.3. The van der Waals surface area contributed by atoms with Crippen LogP contribution < -0.4 is 10.6 Å². The zero-order chi connectivity index (χ0) is 16.2. The van der Waals surface area contributed by atoms with Crippen molar-refractivity contribution in [2.45, 2.75) is 0 Å². The summed E-state index contributed by atoms with van der Waals surface area (Å²) in [4.78, 5) is 26.3. The van der Waals surface area contributed by atoms with Crippen molar-refractivity contribution in [1.29, 1.82) is 0 Å². The van der Waals surface area contributed by atoms with Crippen molar-refractivity contribution < 1.29 is 9.72 Å². The summed E-state index contributed by atoms with van der Waals surface area (Å²) in [5.41, 5.74) is 1.83. The van der Waals surface area contributed by atoms with Crippen molar-refractivity contribution in [3.05, 3.63) is 70.9 Å². The Labute approximate surface area is 131 Å². The number of carbonyl (C=O) groups is 1. The van der Waals surface area contributed by atoms with Crippen molar-refractivity contribution in [3.8, 4) is 0 Å². The van der Waals surface area contributed by atoms with Crippen LogP contribution in [0.25, 0.3) is 10.9 Å². The van der Waals surface area contributed by atoms with Gasteiger partial charge in [-0.2, -0.15) is 0 Å². The topological polar surface area (TPSA) is 97.2 Å². The third kappa shape index (κ3) is 3.41. The van der Waals surface area contributed by atoms with E-state index in [1.54, 1.807) is 6.20 Å². The summed E-state index contributed by atoms with van der Waals surface area (Å²) in [6.07, 6.45) is 1.57. The predicted molar refractivity (Wildman–Crippen MR) is 87.5 cm³/mol. The van der Waals surface area contributed by atoms with Gasteiger partial charge in [-0.3, -0.25) is 15.1 Å². The first-order valence-corrected chi connectivity index (χ1v) is 6.79. The van der Waals surface area contributed by atoms with Crippen LogP contribution in [-0.2, 0) is 0 Å². The molecule has 1 heterocycles. The number of non-ortho nitro benzene ring substituents is 1. The molecule has 0 saturated heterocycles. The van der Waals surface area contributed by atoms with Gasteiger partial charge in [-0.25, -0.2) is 4.79 Å². The number of rotatable bonds is 3. The van der Waals surface area contributed by atoms with Crippen LogP contribution in [0, 0.1) is 10.1 Å². The van der Waals surface area contributed by atoms with E-state index in [0.717, 1.165) is 10.9 Å². The minimum Gasteiger partial charge on any atom is -0.308 e. The number of hydrogen-bond acceptors (Lipinski definition) is 4. The molecule has 2 N–H and O–H groups in total. The number of urea groups is 1. The van der Waals surface area contributed by atoms with Crippen LogP contribution in [0.2, 0.25) is 0 Å². The van der Waals surface area contributed by atoms with Crippen LogP contribution in [0.4, 0.5) is 21.9 Å². The second kappa shape index (κ2) is 6.10. The largest absolute Gasteiger partial charge is 0.323 e. The van der Waals surface area contributed by atoms with E-state index in [0.29, 0.717) is 11.4 Å². The number of para-hydroxylation sites is 1. The SMILES string of the molecule is O=C(Nc1ccc([N+](=O)[O-])cc1)Nc1cnc2ccccc2c1.